The van der Waals surface area contributed by atoms with Gasteiger partial charge in [-0.05, 0) is 23.8 Å². The van der Waals surface area contributed by atoms with Gasteiger partial charge in [0.15, 0.2) is 0 Å². The van der Waals surface area contributed by atoms with Gasteiger partial charge < -0.3 is 5.73 Å². The largest absolute Gasteiger partial charge is 0.399 e. The monoisotopic (exact) mass is 219 g/mol. The number of hydrogen-bond acceptors (Lipinski definition) is 1. The third-order valence-electron chi connectivity index (χ3n) is 1.21. The fraction of sp³-hybridized carbons (Fsp3) is 0.143. The van der Waals surface area contributed by atoms with E-state index >= 15 is 0 Å². The van der Waals surface area contributed by atoms with Crippen LogP contribution >= 0.6 is 27.5 Å². The molecule has 0 aromatic heterocycles. The summed E-state index contributed by atoms with van der Waals surface area (Å²) in [5, 5.41) is 1.50. The Morgan fingerprint density at radius 3 is 2.70 bits per heavy atom. The molecule has 0 bridgehead atoms. The summed E-state index contributed by atoms with van der Waals surface area (Å²) in [6.45, 7) is 0. The van der Waals surface area contributed by atoms with Crippen LogP contribution in [0.25, 0.3) is 0 Å². The molecule has 3 heteroatoms. The Morgan fingerprint density at radius 1 is 1.50 bits per heavy atom. The maximum atomic E-state index is 5.81. The second kappa shape index (κ2) is 3.26. The van der Waals surface area contributed by atoms with Crippen molar-refractivity contribution in [3.63, 3.8) is 0 Å². The number of alkyl halides is 1. The molecule has 0 amide bonds. The molecule has 0 unspecified atom stereocenters. The Labute approximate surface area is 73.3 Å². The van der Waals surface area contributed by atoms with Gasteiger partial charge in [0, 0.05) is 16.0 Å². The van der Waals surface area contributed by atoms with Crippen molar-refractivity contribution in [2.75, 3.05) is 5.73 Å². The summed E-state index contributed by atoms with van der Waals surface area (Å²) >= 11 is 9.11. The van der Waals surface area contributed by atoms with Gasteiger partial charge in [-0.15, -0.1) is 0 Å². The van der Waals surface area contributed by atoms with E-state index in [-0.39, 0.29) is 0 Å². The zero-order valence-electron chi connectivity index (χ0n) is 5.27. The molecule has 1 aromatic rings. The average Bonchev–Trinajstić information content (AvgIpc) is 1.94. The van der Waals surface area contributed by atoms with Gasteiger partial charge in [0.25, 0.3) is 0 Å². The van der Waals surface area contributed by atoms with Crippen LogP contribution in [0.3, 0.4) is 0 Å². The van der Waals surface area contributed by atoms with Crippen molar-refractivity contribution >= 4 is 33.2 Å². The van der Waals surface area contributed by atoms with Crippen LogP contribution in [0.2, 0.25) is 5.02 Å². The first kappa shape index (κ1) is 7.89. The quantitative estimate of drug-likeness (QED) is 0.572. The third-order valence-corrected chi connectivity index (χ3v) is 2.19. The third kappa shape index (κ3) is 1.64. The molecule has 1 aromatic carbocycles. The minimum Gasteiger partial charge on any atom is -0.399 e. The minimum absolute atomic E-state index is 0.747. The van der Waals surface area contributed by atoms with Crippen molar-refractivity contribution in [3.05, 3.63) is 28.8 Å². The van der Waals surface area contributed by atoms with E-state index in [1.54, 1.807) is 12.1 Å². The molecule has 0 aliphatic heterocycles. The highest BCUT2D eigenvalue weighted by Crippen LogP contribution is 2.20. The van der Waals surface area contributed by atoms with Crippen LogP contribution in [0.4, 0.5) is 5.69 Å². The van der Waals surface area contributed by atoms with Crippen LogP contribution in [0.15, 0.2) is 18.2 Å². The first-order chi connectivity index (χ1) is 4.74. The predicted octanol–water partition coefficient (Wildman–Crippen LogP) is 2.82. The van der Waals surface area contributed by atoms with Gasteiger partial charge in [0.2, 0.25) is 0 Å². The molecule has 0 heterocycles. The van der Waals surface area contributed by atoms with Gasteiger partial charge in [0.05, 0.1) is 0 Å². The Kier molecular flexibility index (Phi) is 2.57. The fourth-order valence-electron chi connectivity index (χ4n) is 0.697. The second-order valence-corrected chi connectivity index (χ2v) is 2.95. The maximum Gasteiger partial charge on any atom is 0.0448 e. The lowest BCUT2D eigenvalue weighted by molar-refractivity contribution is 1.44. The average molecular weight is 220 g/mol. The SMILES string of the molecule is Nc1ccc(Cl)c(CBr)c1. The summed E-state index contributed by atoms with van der Waals surface area (Å²) in [5.74, 6) is 0. The highest BCUT2D eigenvalue weighted by molar-refractivity contribution is 9.08. The molecule has 0 saturated heterocycles. The van der Waals surface area contributed by atoms with Gasteiger partial charge in [-0.1, -0.05) is 27.5 Å². The van der Waals surface area contributed by atoms with Crippen molar-refractivity contribution < 1.29 is 0 Å². The molecule has 0 atom stereocenters. The fourth-order valence-corrected chi connectivity index (χ4v) is 1.51. The zero-order valence-corrected chi connectivity index (χ0v) is 7.61. The maximum absolute atomic E-state index is 5.81. The molecule has 0 aliphatic rings. The number of hydrogen-bond donors (Lipinski definition) is 1. The van der Waals surface area contributed by atoms with Gasteiger partial charge in [-0.3, -0.25) is 0 Å². The van der Waals surface area contributed by atoms with E-state index in [2.05, 4.69) is 15.9 Å². The lowest BCUT2D eigenvalue weighted by Gasteiger charge is -1.99. The summed E-state index contributed by atoms with van der Waals surface area (Å²) in [5.41, 5.74) is 7.30. The standard InChI is InChI=1S/C7H7BrClN/c8-4-5-3-6(10)1-2-7(5)9/h1-3H,4,10H2. The Hall–Kier alpha value is -0.210. The van der Waals surface area contributed by atoms with Crippen molar-refractivity contribution in [2.45, 2.75) is 5.33 Å². The summed E-state index contributed by atoms with van der Waals surface area (Å²) in [4.78, 5) is 0. The molecule has 0 fully saturated rings. The lowest BCUT2D eigenvalue weighted by atomic mass is 10.2. The van der Waals surface area contributed by atoms with Crippen LogP contribution in [-0.4, -0.2) is 0 Å². The van der Waals surface area contributed by atoms with Crippen LogP contribution in [0.5, 0.6) is 0 Å². The molecule has 1 nitrogen and oxygen atoms in total. The van der Waals surface area contributed by atoms with Gasteiger partial charge in [-0.2, -0.15) is 0 Å². The number of rotatable bonds is 1. The molecule has 1 rings (SSSR count). The number of benzene rings is 1. The molecular formula is C7H7BrClN. The Balaban J connectivity index is 3.09. The first-order valence-electron chi connectivity index (χ1n) is 2.84. The van der Waals surface area contributed by atoms with Crippen molar-refractivity contribution in [3.8, 4) is 0 Å². The number of nitrogen functional groups attached to an aromatic ring is 1. The molecule has 0 aliphatic carbocycles. The van der Waals surface area contributed by atoms with E-state index < -0.39 is 0 Å². The molecule has 10 heavy (non-hydrogen) atoms. The molecule has 0 radical (unpaired) electrons. The molecule has 54 valence electrons. The first-order valence-corrected chi connectivity index (χ1v) is 4.34. The molecule has 0 spiro atoms. The van der Waals surface area contributed by atoms with Crippen molar-refractivity contribution in [2.24, 2.45) is 0 Å². The van der Waals surface area contributed by atoms with Crippen LogP contribution in [0.1, 0.15) is 5.56 Å². The summed E-state index contributed by atoms with van der Waals surface area (Å²) in [6, 6.07) is 5.44. The lowest BCUT2D eigenvalue weighted by Crippen LogP contribution is -1.86. The van der Waals surface area contributed by atoms with E-state index in [0.29, 0.717) is 0 Å². The highest BCUT2D eigenvalue weighted by Gasteiger charge is 1.96. The van der Waals surface area contributed by atoms with Gasteiger partial charge >= 0.3 is 0 Å². The summed E-state index contributed by atoms with van der Waals surface area (Å²) in [6.07, 6.45) is 0. The molecular weight excluding hydrogens is 213 g/mol. The normalized spacial score (nSPS) is 9.80. The molecule has 2 N–H and O–H groups in total. The number of halogens is 2. The topological polar surface area (TPSA) is 26.0 Å². The van der Waals surface area contributed by atoms with Crippen molar-refractivity contribution in [1.29, 1.82) is 0 Å². The smallest absolute Gasteiger partial charge is 0.0448 e. The molecule has 0 saturated carbocycles. The zero-order chi connectivity index (χ0) is 7.56. The Morgan fingerprint density at radius 2 is 2.20 bits per heavy atom. The van der Waals surface area contributed by atoms with E-state index in [1.165, 1.54) is 0 Å². The number of anilines is 1. The predicted molar refractivity (Wildman–Crippen MR) is 48.5 cm³/mol. The minimum atomic E-state index is 0.747. The van der Waals surface area contributed by atoms with E-state index in [1.807, 2.05) is 6.07 Å². The number of nitrogens with two attached hydrogens (primary N) is 1. The van der Waals surface area contributed by atoms with Crippen LogP contribution in [0, 0.1) is 0 Å². The van der Waals surface area contributed by atoms with E-state index in [0.717, 1.165) is 21.6 Å². The summed E-state index contributed by atoms with van der Waals surface area (Å²) < 4.78 is 0. The second-order valence-electron chi connectivity index (χ2n) is 1.98. The van der Waals surface area contributed by atoms with Crippen LogP contribution < -0.4 is 5.73 Å². The van der Waals surface area contributed by atoms with Crippen molar-refractivity contribution in [1.82, 2.24) is 0 Å². The van der Waals surface area contributed by atoms with Gasteiger partial charge in [-0.25, -0.2) is 0 Å². The Bertz CT molecular complexity index is 237. The van der Waals surface area contributed by atoms with Crippen LogP contribution in [-0.2, 0) is 5.33 Å². The highest BCUT2D eigenvalue weighted by atomic mass is 79.9. The van der Waals surface area contributed by atoms with Gasteiger partial charge in [0.1, 0.15) is 0 Å². The summed E-state index contributed by atoms with van der Waals surface area (Å²) in [7, 11) is 0. The van der Waals surface area contributed by atoms with E-state index in [9.17, 15) is 0 Å². The van der Waals surface area contributed by atoms with E-state index in [4.69, 9.17) is 17.3 Å².